The molecular weight excluding hydrogens is 232 g/mol. The van der Waals surface area contributed by atoms with Gasteiger partial charge in [-0.1, -0.05) is 26.1 Å². The molecule has 0 atom stereocenters. The van der Waals surface area contributed by atoms with E-state index in [9.17, 15) is 8.78 Å². The molecule has 0 unspecified atom stereocenters. The molecule has 1 rings (SSSR count). The molecule has 0 fully saturated rings. The van der Waals surface area contributed by atoms with Crippen LogP contribution in [0.4, 0.5) is 8.78 Å². The highest BCUT2D eigenvalue weighted by Gasteiger charge is 2.14. The summed E-state index contributed by atoms with van der Waals surface area (Å²) in [7, 11) is 0. The summed E-state index contributed by atoms with van der Waals surface area (Å²) in [6, 6.07) is 2.14. The minimum Gasteiger partial charge on any atom is -0.487 e. The minimum atomic E-state index is -0.788. The lowest BCUT2D eigenvalue weighted by Crippen LogP contribution is -2.12. The largest absolute Gasteiger partial charge is 0.487 e. The molecule has 0 heterocycles. The standard InChI is InChI=1S/C11H13F2NOS/c1-6(2)5-15-10-8(12)3-7(11(14)16)4-9(10)13/h3-4,6H,5H2,1-2H3,(H2,14,16). The summed E-state index contributed by atoms with van der Waals surface area (Å²) in [5, 5.41) is 0. The maximum absolute atomic E-state index is 13.4. The fraction of sp³-hybridized carbons (Fsp3) is 0.364. The summed E-state index contributed by atoms with van der Waals surface area (Å²) in [6.07, 6.45) is 0. The predicted molar refractivity (Wildman–Crippen MR) is 62.6 cm³/mol. The van der Waals surface area contributed by atoms with Crippen LogP contribution in [-0.4, -0.2) is 11.6 Å². The Morgan fingerprint density at radius 1 is 1.38 bits per heavy atom. The van der Waals surface area contributed by atoms with E-state index in [1.165, 1.54) is 0 Å². The van der Waals surface area contributed by atoms with Gasteiger partial charge in [-0.15, -0.1) is 0 Å². The van der Waals surface area contributed by atoms with Crippen LogP contribution in [0.2, 0.25) is 0 Å². The Balaban J connectivity index is 2.98. The Kier molecular flexibility index (Phi) is 4.18. The molecule has 16 heavy (non-hydrogen) atoms. The van der Waals surface area contributed by atoms with Gasteiger partial charge in [0, 0.05) is 5.56 Å². The molecule has 5 heteroatoms. The van der Waals surface area contributed by atoms with E-state index in [2.05, 4.69) is 12.2 Å². The first-order valence-corrected chi connectivity index (χ1v) is 5.24. The van der Waals surface area contributed by atoms with E-state index < -0.39 is 11.6 Å². The lowest BCUT2D eigenvalue weighted by molar-refractivity contribution is 0.247. The number of ether oxygens (including phenoxy) is 1. The monoisotopic (exact) mass is 245 g/mol. The molecule has 0 bridgehead atoms. The van der Waals surface area contributed by atoms with Crippen LogP contribution in [-0.2, 0) is 0 Å². The molecular formula is C11H13F2NOS. The highest BCUT2D eigenvalue weighted by atomic mass is 32.1. The van der Waals surface area contributed by atoms with Crippen molar-refractivity contribution >= 4 is 17.2 Å². The Morgan fingerprint density at radius 3 is 2.25 bits per heavy atom. The van der Waals surface area contributed by atoms with Crippen molar-refractivity contribution < 1.29 is 13.5 Å². The summed E-state index contributed by atoms with van der Waals surface area (Å²) in [6.45, 7) is 4.03. The molecule has 0 aliphatic heterocycles. The second-order valence-corrected chi connectivity index (χ2v) is 4.28. The molecule has 1 aromatic carbocycles. The van der Waals surface area contributed by atoms with Gasteiger partial charge in [-0.2, -0.15) is 0 Å². The molecule has 88 valence electrons. The van der Waals surface area contributed by atoms with Gasteiger partial charge in [0.2, 0.25) is 0 Å². The van der Waals surface area contributed by atoms with Crippen LogP contribution in [0.1, 0.15) is 19.4 Å². The predicted octanol–water partition coefficient (Wildman–Crippen LogP) is 2.63. The van der Waals surface area contributed by atoms with Crippen molar-refractivity contribution in [2.45, 2.75) is 13.8 Å². The summed E-state index contributed by atoms with van der Waals surface area (Å²) < 4.78 is 31.9. The second-order valence-electron chi connectivity index (χ2n) is 3.84. The molecule has 0 amide bonds. The Hall–Kier alpha value is -1.23. The number of thiocarbonyl (C=S) groups is 1. The molecule has 1 aromatic rings. The maximum atomic E-state index is 13.4. The van der Waals surface area contributed by atoms with Crippen molar-refractivity contribution in [3.8, 4) is 5.75 Å². The summed E-state index contributed by atoms with van der Waals surface area (Å²) in [5.74, 6) is -1.77. The minimum absolute atomic E-state index is 0.0480. The first-order chi connectivity index (χ1) is 7.41. The van der Waals surface area contributed by atoms with Gasteiger partial charge < -0.3 is 10.5 Å². The third-order valence-corrected chi connectivity index (χ3v) is 2.08. The molecule has 2 nitrogen and oxygen atoms in total. The number of nitrogens with two attached hydrogens (primary N) is 1. The number of hydrogen-bond acceptors (Lipinski definition) is 2. The number of halogens is 2. The van der Waals surface area contributed by atoms with Gasteiger partial charge in [0.25, 0.3) is 0 Å². The average molecular weight is 245 g/mol. The summed E-state index contributed by atoms with van der Waals surface area (Å²) in [4.78, 5) is -0.0480. The lowest BCUT2D eigenvalue weighted by Gasteiger charge is -2.11. The molecule has 0 aliphatic carbocycles. The van der Waals surface area contributed by atoms with Crippen LogP contribution in [0, 0.1) is 17.6 Å². The highest BCUT2D eigenvalue weighted by Crippen LogP contribution is 2.23. The SMILES string of the molecule is CC(C)COc1c(F)cc(C(N)=S)cc1F. The quantitative estimate of drug-likeness (QED) is 0.828. The number of rotatable bonds is 4. The normalized spacial score (nSPS) is 10.6. The zero-order chi connectivity index (χ0) is 12.3. The van der Waals surface area contributed by atoms with Crippen molar-refractivity contribution in [1.29, 1.82) is 0 Å². The van der Waals surface area contributed by atoms with E-state index in [1.807, 2.05) is 13.8 Å². The van der Waals surface area contributed by atoms with E-state index >= 15 is 0 Å². The number of hydrogen-bond donors (Lipinski definition) is 1. The zero-order valence-electron chi connectivity index (χ0n) is 9.09. The van der Waals surface area contributed by atoms with Gasteiger partial charge in [0.1, 0.15) is 4.99 Å². The Bertz CT molecular complexity index is 384. The maximum Gasteiger partial charge on any atom is 0.190 e. The lowest BCUT2D eigenvalue weighted by atomic mass is 10.2. The third kappa shape index (κ3) is 3.13. The molecule has 0 spiro atoms. The van der Waals surface area contributed by atoms with Crippen molar-refractivity contribution in [1.82, 2.24) is 0 Å². The highest BCUT2D eigenvalue weighted by molar-refractivity contribution is 7.80. The topological polar surface area (TPSA) is 35.2 Å². The van der Waals surface area contributed by atoms with Crippen LogP contribution in [0.25, 0.3) is 0 Å². The summed E-state index contributed by atoms with van der Waals surface area (Å²) >= 11 is 4.63. The van der Waals surface area contributed by atoms with Crippen LogP contribution >= 0.6 is 12.2 Å². The molecule has 0 saturated heterocycles. The Morgan fingerprint density at radius 2 is 1.88 bits per heavy atom. The summed E-state index contributed by atoms with van der Waals surface area (Å²) in [5.41, 5.74) is 5.44. The first kappa shape index (κ1) is 12.8. The fourth-order valence-corrected chi connectivity index (χ4v) is 1.21. The Labute approximate surface area is 98.4 Å². The smallest absolute Gasteiger partial charge is 0.190 e. The van der Waals surface area contributed by atoms with Gasteiger partial charge in [-0.3, -0.25) is 0 Å². The van der Waals surface area contributed by atoms with E-state index in [0.717, 1.165) is 12.1 Å². The molecule has 0 aromatic heterocycles. The molecule has 0 aliphatic rings. The van der Waals surface area contributed by atoms with E-state index in [-0.39, 0.29) is 28.8 Å². The number of benzene rings is 1. The van der Waals surface area contributed by atoms with Gasteiger partial charge >= 0.3 is 0 Å². The van der Waals surface area contributed by atoms with E-state index in [0.29, 0.717) is 0 Å². The first-order valence-electron chi connectivity index (χ1n) is 4.83. The van der Waals surface area contributed by atoms with Crippen LogP contribution in [0.15, 0.2) is 12.1 Å². The van der Waals surface area contributed by atoms with Gasteiger partial charge in [-0.05, 0) is 18.1 Å². The van der Waals surface area contributed by atoms with Crippen LogP contribution < -0.4 is 10.5 Å². The van der Waals surface area contributed by atoms with E-state index in [1.54, 1.807) is 0 Å². The third-order valence-electron chi connectivity index (χ3n) is 1.84. The fourth-order valence-electron chi connectivity index (χ4n) is 1.09. The van der Waals surface area contributed by atoms with Gasteiger partial charge in [0.15, 0.2) is 17.4 Å². The van der Waals surface area contributed by atoms with Crippen LogP contribution in [0.3, 0.4) is 0 Å². The van der Waals surface area contributed by atoms with Gasteiger partial charge in [-0.25, -0.2) is 8.78 Å². The molecule has 2 N–H and O–H groups in total. The molecule has 0 saturated carbocycles. The van der Waals surface area contributed by atoms with Crippen molar-refractivity contribution in [2.24, 2.45) is 11.7 Å². The molecule has 0 radical (unpaired) electrons. The van der Waals surface area contributed by atoms with Gasteiger partial charge in [0.05, 0.1) is 6.61 Å². The van der Waals surface area contributed by atoms with Crippen molar-refractivity contribution in [3.05, 3.63) is 29.3 Å². The second kappa shape index (κ2) is 5.21. The van der Waals surface area contributed by atoms with Crippen molar-refractivity contribution in [3.63, 3.8) is 0 Å². The zero-order valence-corrected chi connectivity index (χ0v) is 9.91. The van der Waals surface area contributed by atoms with E-state index in [4.69, 9.17) is 10.5 Å². The average Bonchev–Trinajstić information content (AvgIpc) is 2.15. The van der Waals surface area contributed by atoms with Crippen molar-refractivity contribution in [2.75, 3.05) is 6.61 Å². The van der Waals surface area contributed by atoms with Crippen LogP contribution in [0.5, 0.6) is 5.75 Å².